The first-order valence-corrected chi connectivity index (χ1v) is 5.84. The van der Waals surface area contributed by atoms with E-state index in [1.54, 1.807) is 24.3 Å². The highest BCUT2D eigenvalue weighted by Gasteiger charge is 2.13. The third kappa shape index (κ3) is 2.76. The Balaban J connectivity index is 2.30. The van der Waals surface area contributed by atoms with Gasteiger partial charge in [-0.25, -0.2) is 0 Å². The Morgan fingerprint density at radius 2 is 1.67 bits per heavy atom. The number of rotatable bonds is 5. The van der Waals surface area contributed by atoms with Crippen LogP contribution in [0.5, 0.6) is 5.75 Å². The van der Waals surface area contributed by atoms with Crippen LogP contribution in [0.25, 0.3) is 0 Å². The van der Waals surface area contributed by atoms with Gasteiger partial charge >= 0.3 is 0 Å². The standard InChI is InChI=1S/C15H15NO2/c16-10-11-18-14-9-5-4-8-13(14)15(17)12-6-2-1-3-7-12/h1-9H,10-11,16H2. The molecule has 0 aliphatic heterocycles. The van der Waals surface area contributed by atoms with Crippen LogP contribution in [0.4, 0.5) is 0 Å². The zero-order chi connectivity index (χ0) is 12.8. The van der Waals surface area contributed by atoms with E-state index in [0.717, 1.165) is 0 Å². The smallest absolute Gasteiger partial charge is 0.196 e. The quantitative estimate of drug-likeness (QED) is 0.817. The zero-order valence-electron chi connectivity index (χ0n) is 10.0. The molecular formula is C15H15NO2. The SMILES string of the molecule is NCCOc1ccccc1C(=O)c1ccccc1. The molecule has 0 atom stereocenters. The predicted molar refractivity (Wildman–Crippen MR) is 70.9 cm³/mol. The fourth-order valence-corrected chi connectivity index (χ4v) is 1.69. The summed E-state index contributed by atoms with van der Waals surface area (Å²) in [4.78, 5) is 12.3. The van der Waals surface area contributed by atoms with E-state index in [1.165, 1.54) is 0 Å². The van der Waals surface area contributed by atoms with Gasteiger partial charge in [0, 0.05) is 12.1 Å². The van der Waals surface area contributed by atoms with E-state index < -0.39 is 0 Å². The average Bonchev–Trinajstić information content (AvgIpc) is 2.45. The van der Waals surface area contributed by atoms with E-state index in [1.807, 2.05) is 30.3 Å². The maximum Gasteiger partial charge on any atom is 0.196 e. The Hall–Kier alpha value is -2.13. The maximum atomic E-state index is 12.3. The molecule has 0 heterocycles. The summed E-state index contributed by atoms with van der Waals surface area (Å²) >= 11 is 0. The molecule has 0 unspecified atom stereocenters. The number of carbonyl (C=O) groups excluding carboxylic acids is 1. The van der Waals surface area contributed by atoms with Gasteiger partial charge in [-0.3, -0.25) is 4.79 Å². The predicted octanol–water partition coefficient (Wildman–Crippen LogP) is 2.26. The summed E-state index contributed by atoms with van der Waals surface area (Å²) in [5.74, 6) is 0.542. The first-order chi connectivity index (χ1) is 8.83. The largest absolute Gasteiger partial charge is 0.492 e. The summed E-state index contributed by atoms with van der Waals surface area (Å²) in [6.45, 7) is 0.826. The summed E-state index contributed by atoms with van der Waals surface area (Å²) in [6.07, 6.45) is 0. The lowest BCUT2D eigenvalue weighted by Gasteiger charge is -2.09. The van der Waals surface area contributed by atoms with Gasteiger partial charge in [-0.2, -0.15) is 0 Å². The van der Waals surface area contributed by atoms with Gasteiger partial charge < -0.3 is 10.5 Å². The van der Waals surface area contributed by atoms with Gasteiger partial charge in [0.15, 0.2) is 5.78 Å². The van der Waals surface area contributed by atoms with Crippen molar-refractivity contribution < 1.29 is 9.53 Å². The van der Waals surface area contributed by atoms with Crippen molar-refractivity contribution in [3.8, 4) is 5.75 Å². The minimum absolute atomic E-state index is 0.0387. The Kier molecular flexibility index (Phi) is 4.10. The van der Waals surface area contributed by atoms with Crippen molar-refractivity contribution in [2.75, 3.05) is 13.2 Å². The number of nitrogens with two attached hydrogens (primary N) is 1. The molecule has 0 radical (unpaired) electrons. The molecule has 0 aliphatic rings. The number of hydrogen-bond acceptors (Lipinski definition) is 3. The van der Waals surface area contributed by atoms with Crippen LogP contribution >= 0.6 is 0 Å². The molecule has 0 aromatic heterocycles. The van der Waals surface area contributed by atoms with Gasteiger partial charge in [0.25, 0.3) is 0 Å². The van der Waals surface area contributed by atoms with Crippen LogP contribution in [0.2, 0.25) is 0 Å². The first kappa shape index (κ1) is 12.3. The van der Waals surface area contributed by atoms with E-state index in [-0.39, 0.29) is 5.78 Å². The molecular weight excluding hydrogens is 226 g/mol. The fraction of sp³-hybridized carbons (Fsp3) is 0.133. The van der Waals surface area contributed by atoms with Crippen LogP contribution in [0, 0.1) is 0 Å². The van der Waals surface area contributed by atoms with Crippen molar-refractivity contribution in [1.29, 1.82) is 0 Å². The van der Waals surface area contributed by atoms with Gasteiger partial charge in [-0.15, -0.1) is 0 Å². The molecule has 3 nitrogen and oxygen atoms in total. The normalized spacial score (nSPS) is 10.1. The number of benzene rings is 2. The zero-order valence-corrected chi connectivity index (χ0v) is 10.0. The van der Waals surface area contributed by atoms with Crippen molar-refractivity contribution in [2.45, 2.75) is 0 Å². The Bertz CT molecular complexity index is 523. The lowest BCUT2D eigenvalue weighted by Crippen LogP contribution is -2.13. The second kappa shape index (κ2) is 5.98. The molecule has 0 spiro atoms. The van der Waals surface area contributed by atoms with Crippen LogP contribution < -0.4 is 10.5 Å². The van der Waals surface area contributed by atoms with Crippen LogP contribution in [-0.4, -0.2) is 18.9 Å². The summed E-state index contributed by atoms with van der Waals surface area (Å²) in [5, 5.41) is 0. The molecule has 2 N–H and O–H groups in total. The van der Waals surface area contributed by atoms with E-state index in [9.17, 15) is 4.79 Å². The maximum absolute atomic E-state index is 12.3. The molecule has 0 amide bonds. The van der Waals surface area contributed by atoms with E-state index >= 15 is 0 Å². The second-order valence-corrected chi connectivity index (χ2v) is 3.83. The molecule has 2 aromatic carbocycles. The molecule has 3 heteroatoms. The second-order valence-electron chi connectivity index (χ2n) is 3.83. The lowest BCUT2D eigenvalue weighted by molar-refractivity contribution is 0.103. The van der Waals surface area contributed by atoms with E-state index in [0.29, 0.717) is 30.0 Å². The van der Waals surface area contributed by atoms with Crippen LogP contribution in [0.3, 0.4) is 0 Å². The Morgan fingerprint density at radius 3 is 2.39 bits per heavy atom. The highest BCUT2D eigenvalue weighted by Crippen LogP contribution is 2.21. The van der Waals surface area contributed by atoms with Gasteiger partial charge in [0.2, 0.25) is 0 Å². The summed E-state index contributed by atoms with van der Waals surface area (Å²) in [5.41, 5.74) is 6.62. The topological polar surface area (TPSA) is 52.3 Å². The van der Waals surface area contributed by atoms with Gasteiger partial charge in [-0.05, 0) is 12.1 Å². The van der Waals surface area contributed by atoms with Crippen molar-refractivity contribution in [1.82, 2.24) is 0 Å². The third-order valence-electron chi connectivity index (χ3n) is 2.54. The fourth-order valence-electron chi connectivity index (χ4n) is 1.69. The van der Waals surface area contributed by atoms with E-state index in [2.05, 4.69) is 0 Å². The van der Waals surface area contributed by atoms with Gasteiger partial charge in [0.05, 0.1) is 5.56 Å². The first-order valence-electron chi connectivity index (χ1n) is 5.84. The van der Waals surface area contributed by atoms with Crippen molar-refractivity contribution in [3.05, 3.63) is 65.7 Å². The van der Waals surface area contributed by atoms with Crippen molar-refractivity contribution >= 4 is 5.78 Å². The number of ether oxygens (including phenoxy) is 1. The highest BCUT2D eigenvalue weighted by atomic mass is 16.5. The Labute approximate surface area is 106 Å². The number of hydrogen-bond donors (Lipinski definition) is 1. The highest BCUT2D eigenvalue weighted by molar-refractivity contribution is 6.10. The number of ketones is 1. The number of para-hydroxylation sites is 1. The molecule has 18 heavy (non-hydrogen) atoms. The number of carbonyl (C=O) groups is 1. The van der Waals surface area contributed by atoms with Crippen LogP contribution in [0.15, 0.2) is 54.6 Å². The van der Waals surface area contributed by atoms with Crippen molar-refractivity contribution in [3.63, 3.8) is 0 Å². The minimum Gasteiger partial charge on any atom is -0.492 e. The summed E-state index contributed by atoms with van der Waals surface area (Å²) in [7, 11) is 0. The molecule has 0 aliphatic carbocycles. The average molecular weight is 241 g/mol. The molecule has 2 rings (SSSR count). The summed E-state index contributed by atoms with van der Waals surface area (Å²) < 4.78 is 5.48. The molecule has 0 bridgehead atoms. The summed E-state index contributed by atoms with van der Waals surface area (Å²) in [6, 6.07) is 16.4. The van der Waals surface area contributed by atoms with E-state index in [4.69, 9.17) is 10.5 Å². The molecule has 92 valence electrons. The van der Waals surface area contributed by atoms with Gasteiger partial charge in [-0.1, -0.05) is 42.5 Å². The molecule has 0 saturated carbocycles. The third-order valence-corrected chi connectivity index (χ3v) is 2.54. The Morgan fingerprint density at radius 1 is 1.00 bits per heavy atom. The van der Waals surface area contributed by atoms with Crippen LogP contribution in [0.1, 0.15) is 15.9 Å². The van der Waals surface area contributed by atoms with Crippen molar-refractivity contribution in [2.24, 2.45) is 5.73 Å². The lowest BCUT2D eigenvalue weighted by atomic mass is 10.0. The minimum atomic E-state index is -0.0387. The van der Waals surface area contributed by atoms with Gasteiger partial charge in [0.1, 0.15) is 12.4 Å². The monoisotopic (exact) mass is 241 g/mol. The molecule has 0 fully saturated rings. The molecule has 2 aromatic rings. The molecule has 0 saturated heterocycles. The van der Waals surface area contributed by atoms with Crippen LogP contribution in [-0.2, 0) is 0 Å².